The number of rotatable bonds is 4. The minimum absolute atomic E-state index is 0.0685. The van der Waals surface area contributed by atoms with Gasteiger partial charge in [-0.3, -0.25) is 4.79 Å². The molecule has 170 valence electrons. The summed E-state index contributed by atoms with van der Waals surface area (Å²) < 4.78 is 28.3. The second-order valence-electron chi connectivity index (χ2n) is 9.05. The molecule has 1 atom stereocenters. The van der Waals surface area contributed by atoms with Crippen LogP contribution in [-0.4, -0.2) is 50.9 Å². The first-order chi connectivity index (χ1) is 15.3. The van der Waals surface area contributed by atoms with Crippen LogP contribution < -0.4 is 9.80 Å². The maximum Gasteiger partial charge on any atom is 0.243 e. The predicted molar refractivity (Wildman–Crippen MR) is 127 cm³/mol. The van der Waals surface area contributed by atoms with Crippen LogP contribution >= 0.6 is 11.6 Å². The molecule has 5 rings (SSSR count). The zero-order valence-electron chi connectivity index (χ0n) is 18.2. The molecule has 2 aromatic carbocycles. The van der Waals surface area contributed by atoms with E-state index < -0.39 is 10.0 Å². The maximum absolute atomic E-state index is 13.3. The number of hydrogen-bond donors (Lipinski definition) is 0. The molecule has 0 unspecified atom stereocenters. The van der Waals surface area contributed by atoms with E-state index in [-0.39, 0.29) is 17.9 Å². The van der Waals surface area contributed by atoms with E-state index in [4.69, 9.17) is 11.6 Å². The molecule has 0 radical (unpaired) electrons. The Labute approximate surface area is 194 Å². The molecule has 6 nitrogen and oxygen atoms in total. The molecule has 1 amide bonds. The normalized spacial score (nSPS) is 22.0. The minimum atomic E-state index is -3.58. The molecule has 8 heteroatoms. The number of nitrogens with zero attached hydrogens (tertiary/aromatic N) is 3. The van der Waals surface area contributed by atoms with Crippen LogP contribution in [-0.2, 0) is 21.2 Å². The number of carbonyl (C=O) groups excluding carboxylic acids is 1. The van der Waals surface area contributed by atoms with E-state index >= 15 is 0 Å². The van der Waals surface area contributed by atoms with Crippen molar-refractivity contribution in [2.24, 2.45) is 5.92 Å². The smallest absolute Gasteiger partial charge is 0.243 e. The van der Waals surface area contributed by atoms with Gasteiger partial charge < -0.3 is 9.80 Å². The van der Waals surface area contributed by atoms with Crippen molar-refractivity contribution < 1.29 is 13.2 Å². The molecule has 3 aliphatic rings. The average Bonchev–Trinajstić information content (AvgIpc) is 3.08. The molecule has 0 aromatic heterocycles. The summed E-state index contributed by atoms with van der Waals surface area (Å²) in [5.74, 6) is 0.320. The highest BCUT2D eigenvalue weighted by Gasteiger charge is 2.38. The van der Waals surface area contributed by atoms with Crippen LogP contribution in [0.25, 0.3) is 0 Å². The highest BCUT2D eigenvalue weighted by atomic mass is 35.5. The van der Waals surface area contributed by atoms with Gasteiger partial charge in [-0.2, -0.15) is 4.31 Å². The number of carbonyl (C=O) groups is 1. The second kappa shape index (κ2) is 8.36. The van der Waals surface area contributed by atoms with Gasteiger partial charge in [0.05, 0.1) is 4.90 Å². The fourth-order valence-corrected chi connectivity index (χ4v) is 6.54. The Morgan fingerprint density at radius 1 is 1.00 bits per heavy atom. The third kappa shape index (κ3) is 3.80. The molecular weight excluding hydrogens is 446 g/mol. The van der Waals surface area contributed by atoms with Crippen molar-refractivity contribution in [2.45, 2.75) is 43.5 Å². The zero-order chi connectivity index (χ0) is 22.5. The average molecular weight is 474 g/mol. The first-order valence-electron chi connectivity index (χ1n) is 11.3. The maximum atomic E-state index is 13.3. The third-order valence-corrected chi connectivity index (χ3v) is 9.17. The lowest BCUT2D eigenvalue weighted by molar-refractivity contribution is -0.125. The van der Waals surface area contributed by atoms with E-state index in [0.29, 0.717) is 42.5 Å². The number of anilines is 2. The molecule has 0 bridgehead atoms. The fraction of sp³-hybridized carbons (Fsp3) is 0.458. The number of amides is 1. The van der Waals surface area contributed by atoms with Gasteiger partial charge in [-0.05, 0) is 74.2 Å². The van der Waals surface area contributed by atoms with E-state index in [1.807, 2.05) is 42.2 Å². The van der Waals surface area contributed by atoms with Gasteiger partial charge in [-0.25, -0.2) is 8.42 Å². The van der Waals surface area contributed by atoms with E-state index in [1.54, 1.807) is 16.4 Å². The number of sulfonamides is 1. The second-order valence-corrected chi connectivity index (χ2v) is 11.4. The molecule has 2 aromatic rings. The summed E-state index contributed by atoms with van der Waals surface area (Å²) in [6, 6.07) is 13.0. The van der Waals surface area contributed by atoms with Crippen molar-refractivity contribution in [3.05, 3.63) is 53.1 Å². The highest BCUT2D eigenvalue weighted by molar-refractivity contribution is 7.89. The Balaban J connectivity index is 1.31. The molecule has 0 N–H and O–H groups in total. The van der Waals surface area contributed by atoms with Crippen LogP contribution in [0.4, 0.5) is 11.4 Å². The summed E-state index contributed by atoms with van der Waals surface area (Å²) in [5, 5.41) is 0.689. The van der Waals surface area contributed by atoms with E-state index in [9.17, 15) is 13.2 Å². The lowest BCUT2D eigenvalue weighted by Crippen LogP contribution is -2.48. The zero-order valence-corrected chi connectivity index (χ0v) is 19.8. The van der Waals surface area contributed by atoms with Gasteiger partial charge in [0.1, 0.15) is 0 Å². The fourth-order valence-electron chi connectivity index (χ4n) is 4.94. The summed E-state index contributed by atoms with van der Waals surface area (Å²) >= 11 is 5.97. The van der Waals surface area contributed by atoms with Crippen molar-refractivity contribution >= 4 is 38.9 Å². The van der Waals surface area contributed by atoms with Crippen LogP contribution in [0.1, 0.15) is 31.7 Å². The standard InChI is InChI=1S/C24H28ClN3O3S/c1-17-15-19-16-22(9-10-23(19)28(17)24(29)18-3-2-4-18)32(30,31)27-13-11-26(12-14-27)21-7-5-20(25)6-8-21/h5-10,16-18H,2-4,11-15H2,1H3/t17-/m1/s1. The predicted octanol–water partition coefficient (Wildman–Crippen LogP) is 3.93. The van der Waals surface area contributed by atoms with Gasteiger partial charge in [0.2, 0.25) is 15.9 Å². The minimum Gasteiger partial charge on any atom is -0.369 e. The largest absolute Gasteiger partial charge is 0.369 e. The molecule has 2 heterocycles. The van der Waals surface area contributed by atoms with Gasteiger partial charge in [0.15, 0.2) is 0 Å². The molecule has 1 aliphatic carbocycles. The van der Waals surface area contributed by atoms with Crippen molar-refractivity contribution in [1.29, 1.82) is 0 Å². The SMILES string of the molecule is C[C@@H]1Cc2cc(S(=O)(=O)N3CCN(c4ccc(Cl)cc4)CC3)ccc2N1C(=O)C1CCC1. The molecule has 2 fully saturated rings. The topological polar surface area (TPSA) is 60.9 Å². The van der Waals surface area contributed by atoms with Gasteiger partial charge in [0.25, 0.3) is 0 Å². The third-order valence-electron chi connectivity index (χ3n) is 7.03. The van der Waals surface area contributed by atoms with E-state index in [2.05, 4.69) is 4.90 Å². The van der Waals surface area contributed by atoms with Crippen LogP contribution in [0.15, 0.2) is 47.4 Å². The van der Waals surface area contributed by atoms with Crippen LogP contribution in [0, 0.1) is 5.92 Å². The summed E-state index contributed by atoms with van der Waals surface area (Å²) in [4.78, 5) is 17.3. The summed E-state index contributed by atoms with van der Waals surface area (Å²) in [7, 11) is -3.58. The summed E-state index contributed by atoms with van der Waals surface area (Å²) in [5.41, 5.74) is 2.88. The number of halogens is 1. The van der Waals surface area contributed by atoms with Crippen molar-refractivity contribution in [3.63, 3.8) is 0 Å². The first-order valence-corrected chi connectivity index (χ1v) is 13.1. The Hall–Kier alpha value is -2.09. The Kier molecular flexibility index (Phi) is 5.68. The van der Waals surface area contributed by atoms with Crippen molar-refractivity contribution in [1.82, 2.24) is 4.31 Å². The molecule has 1 saturated heterocycles. The quantitative estimate of drug-likeness (QED) is 0.675. The number of benzene rings is 2. The van der Waals surface area contributed by atoms with Crippen LogP contribution in [0.3, 0.4) is 0 Å². The summed E-state index contributed by atoms with van der Waals surface area (Å²) in [6.45, 7) is 4.18. The Bertz CT molecular complexity index is 1120. The molecule has 1 saturated carbocycles. The van der Waals surface area contributed by atoms with Gasteiger partial charge >= 0.3 is 0 Å². The van der Waals surface area contributed by atoms with E-state index in [0.717, 1.165) is 36.2 Å². The number of hydrogen-bond acceptors (Lipinski definition) is 4. The van der Waals surface area contributed by atoms with Crippen molar-refractivity contribution in [3.8, 4) is 0 Å². The summed E-state index contributed by atoms with van der Waals surface area (Å²) in [6.07, 6.45) is 3.74. The molecular formula is C24H28ClN3O3S. The number of piperazine rings is 1. The highest BCUT2D eigenvalue weighted by Crippen LogP contribution is 2.38. The lowest BCUT2D eigenvalue weighted by atomic mass is 9.84. The molecule has 2 aliphatic heterocycles. The van der Waals surface area contributed by atoms with E-state index in [1.165, 1.54) is 0 Å². The Morgan fingerprint density at radius 3 is 2.31 bits per heavy atom. The number of fused-ring (bicyclic) bond motifs is 1. The molecule has 32 heavy (non-hydrogen) atoms. The van der Waals surface area contributed by atoms with Crippen LogP contribution in [0.2, 0.25) is 5.02 Å². The first kappa shape index (κ1) is 21.7. The lowest BCUT2D eigenvalue weighted by Gasteiger charge is -2.35. The van der Waals surface area contributed by atoms with Crippen LogP contribution in [0.5, 0.6) is 0 Å². The van der Waals surface area contributed by atoms with Crippen molar-refractivity contribution in [2.75, 3.05) is 36.0 Å². The van der Waals surface area contributed by atoms with Gasteiger partial charge in [-0.1, -0.05) is 18.0 Å². The monoisotopic (exact) mass is 473 g/mol. The molecule has 0 spiro atoms. The Morgan fingerprint density at radius 2 is 1.69 bits per heavy atom. The van der Waals surface area contributed by atoms with Gasteiger partial charge in [-0.15, -0.1) is 0 Å². The van der Waals surface area contributed by atoms with Gasteiger partial charge in [0, 0.05) is 54.5 Å².